The van der Waals surface area contributed by atoms with E-state index in [9.17, 15) is 0 Å². The Morgan fingerprint density at radius 3 is 2.76 bits per heavy atom. The van der Waals surface area contributed by atoms with Gasteiger partial charge in [-0.25, -0.2) is 0 Å². The first kappa shape index (κ1) is 13.8. The van der Waals surface area contributed by atoms with Gasteiger partial charge in [-0.2, -0.15) is 0 Å². The molecule has 3 aliphatic rings. The molecule has 0 radical (unpaired) electrons. The third kappa shape index (κ3) is 2.07. The van der Waals surface area contributed by atoms with Gasteiger partial charge in [0.05, 0.1) is 13.2 Å². The van der Waals surface area contributed by atoms with Crippen molar-refractivity contribution in [3.8, 4) is 5.75 Å². The van der Waals surface area contributed by atoms with E-state index in [0.29, 0.717) is 13.2 Å². The van der Waals surface area contributed by atoms with E-state index in [2.05, 4.69) is 35.5 Å². The zero-order valence-corrected chi connectivity index (χ0v) is 13.7. The Kier molecular flexibility index (Phi) is 3.01. The van der Waals surface area contributed by atoms with E-state index in [-0.39, 0.29) is 11.5 Å². The van der Waals surface area contributed by atoms with Gasteiger partial charge < -0.3 is 14.2 Å². The monoisotopic (exact) mass is 350 g/mol. The first-order chi connectivity index (χ1) is 10.0. The Morgan fingerprint density at radius 2 is 2.00 bits per heavy atom. The highest BCUT2D eigenvalue weighted by molar-refractivity contribution is 9.10. The molecule has 2 aliphatic heterocycles. The van der Waals surface area contributed by atoms with Crippen molar-refractivity contribution in [1.82, 2.24) is 0 Å². The van der Waals surface area contributed by atoms with Gasteiger partial charge in [0.1, 0.15) is 11.4 Å². The lowest BCUT2D eigenvalue weighted by Crippen LogP contribution is -2.53. The fourth-order valence-electron chi connectivity index (χ4n) is 3.90. The lowest BCUT2D eigenvalue weighted by atomic mass is 9.67. The molecule has 4 heteroatoms. The first-order valence-electron chi connectivity index (χ1n) is 7.47. The SMILES string of the molecule is C=C1c2cc(Br)ccc2O[C@]2(C)CCC3(C[C@@H]12)OCCO3. The van der Waals surface area contributed by atoms with Crippen LogP contribution in [0.5, 0.6) is 5.75 Å². The first-order valence-corrected chi connectivity index (χ1v) is 8.26. The Hall–Kier alpha value is -0.840. The van der Waals surface area contributed by atoms with Crippen molar-refractivity contribution in [1.29, 1.82) is 0 Å². The van der Waals surface area contributed by atoms with Crippen LogP contribution in [-0.2, 0) is 9.47 Å². The maximum Gasteiger partial charge on any atom is 0.169 e. The number of hydrogen-bond acceptors (Lipinski definition) is 3. The molecular formula is C17H19BrO3. The average Bonchev–Trinajstić information content (AvgIpc) is 2.91. The van der Waals surface area contributed by atoms with E-state index in [1.165, 1.54) is 0 Å². The molecule has 0 amide bonds. The Labute approximate surface area is 133 Å². The van der Waals surface area contributed by atoms with Crippen LogP contribution in [-0.4, -0.2) is 24.6 Å². The molecule has 1 aromatic carbocycles. The Balaban J connectivity index is 1.73. The van der Waals surface area contributed by atoms with Crippen LogP contribution in [0.4, 0.5) is 0 Å². The van der Waals surface area contributed by atoms with Gasteiger partial charge in [0.15, 0.2) is 5.79 Å². The quantitative estimate of drug-likeness (QED) is 0.703. The van der Waals surface area contributed by atoms with Gasteiger partial charge in [-0.15, -0.1) is 0 Å². The minimum Gasteiger partial charge on any atom is -0.486 e. The molecule has 1 aromatic rings. The summed E-state index contributed by atoms with van der Waals surface area (Å²) in [6.07, 6.45) is 2.64. The summed E-state index contributed by atoms with van der Waals surface area (Å²) in [5.74, 6) is 0.748. The minimum atomic E-state index is -0.417. The predicted octanol–water partition coefficient (Wildman–Crippen LogP) is 4.16. The summed E-state index contributed by atoms with van der Waals surface area (Å²) >= 11 is 3.53. The van der Waals surface area contributed by atoms with E-state index >= 15 is 0 Å². The largest absolute Gasteiger partial charge is 0.486 e. The zero-order valence-electron chi connectivity index (χ0n) is 12.2. The van der Waals surface area contributed by atoms with Gasteiger partial charge in [-0.1, -0.05) is 22.5 Å². The van der Waals surface area contributed by atoms with E-state index in [1.54, 1.807) is 0 Å². The van der Waals surface area contributed by atoms with Gasteiger partial charge in [0.2, 0.25) is 0 Å². The number of ether oxygens (including phenoxy) is 3. The van der Waals surface area contributed by atoms with Crippen molar-refractivity contribution in [2.24, 2.45) is 5.92 Å². The molecule has 21 heavy (non-hydrogen) atoms. The molecule has 112 valence electrons. The normalized spacial score (nSPS) is 33.4. The number of rotatable bonds is 0. The summed E-state index contributed by atoms with van der Waals surface area (Å²) in [7, 11) is 0. The molecule has 4 rings (SSSR count). The van der Waals surface area contributed by atoms with E-state index in [0.717, 1.165) is 40.6 Å². The van der Waals surface area contributed by atoms with Crippen LogP contribution in [0.15, 0.2) is 29.3 Å². The summed E-state index contributed by atoms with van der Waals surface area (Å²) in [5, 5.41) is 0. The molecule has 1 aliphatic carbocycles. The minimum absolute atomic E-state index is 0.210. The zero-order chi connectivity index (χ0) is 14.7. The van der Waals surface area contributed by atoms with Crippen LogP contribution in [0.2, 0.25) is 0 Å². The third-order valence-corrected chi connectivity index (χ3v) is 5.61. The van der Waals surface area contributed by atoms with E-state index in [1.807, 2.05) is 12.1 Å². The topological polar surface area (TPSA) is 27.7 Å². The van der Waals surface area contributed by atoms with Crippen molar-refractivity contribution in [3.05, 3.63) is 34.8 Å². The second kappa shape index (κ2) is 4.58. The second-order valence-electron chi connectivity index (χ2n) is 6.44. The number of fused-ring (bicyclic) bond motifs is 2. The summed E-state index contributed by atoms with van der Waals surface area (Å²) < 4.78 is 19.2. The van der Waals surface area contributed by atoms with Crippen LogP contribution in [0.25, 0.3) is 5.57 Å². The number of hydrogen-bond donors (Lipinski definition) is 0. The lowest BCUT2D eigenvalue weighted by Gasteiger charge is -2.50. The van der Waals surface area contributed by atoms with Gasteiger partial charge in [-0.05, 0) is 37.1 Å². The highest BCUT2D eigenvalue weighted by Gasteiger charge is 2.54. The van der Waals surface area contributed by atoms with Crippen LogP contribution < -0.4 is 4.74 Å². The van der Waals surface area contributed by atoms with E-state index < -0.39 is 5.79 Å². The highest BCUT2D eigenvalue weighted by atomic mass is 79.9. The molecule has 1 saturated heterocycles. The van der Waals surface area contributed by atoms with Gasteiger partial charge >= 0.3 is 0 Å². The molecule has 1 spiro atoms. The molecule has 2 fully saturated rings. The maximum atomic E-state index is 6.36. The fraction of sp³-hybridized carbons (Fsp3) is 0.529. The fourth-order valence-corrected chi connectivity index (χ4v) is 4.26. The molecule has 1 saturated carbocycles. The molecule has 3 nitrogen and oxygen atoms in total. The predicted molar refractivity (Wildman–Crippen MR) is 84.2 cm³/mol. The van der Waals surface area contributed by atoms with Crippen molar-refractivity contribution in [2.75, 3.05) is 13.2 Å². The summed E-state index contributed by atoms with van der Waals surface area (Å²) in [4.78, 5) is 0. The van der Waals surface area contributed by atoms with Crippen LogP contribution in [0, 0.1) is 5.92 Å². The second-order valence-corrected chi connectivity index (χ2v) is 7.36. The van der Waals surface area contributed by atoms with Crippen LogP contribution in [0.3, 0.4) is 0 Å². The van der Waals surface area contributed by atoms with Crippen LogP contribution in [0.1, 0.15) is 31.7 Å². The Bertz CT molecular complexity index is 606. The highest BCUT2D eigenvalue weighted by Crippen LogP contribution is 2.54. The van der Waals surface area contributed by atoms with Crippen molar-refractivity contribution in [3.63, 3.8) is 0 Å². The standard InChI is InChI=1S/C17H19BrO3/c1-11-13-9-12(18)3-4-15(13)21-16(2)5-6-17(10-14(11)16)19-7-8-20-17/h3-4,9,14H,1,5-8,10H2,2H3/t14-,16+/m0/s1. The number of halogens is 1. The molecule has 0 N–H and O–H groups in total. The third-order valence-electron chi connectivity index (χ3n) is 5.12. The summed E-state index contributed by atoms with van der Waals surface area (Å²) in [6.45, 7) is 7.95. The van der Waals surface area contributed by atoms with Gasteiger partial charge in [0.25, 0.3) is 0 Å². The molecule has 0 bridgehead atoms. The molecule has 2 atom stereocenters. The van der Waals surface area contributed by atoms with Crippen LogP contribution >= 0.6 is 15.9 Å². The average molecular weight is 351 g/mol. The molecule has 0 unspecified atom stereocenters. The summed E-state index contributed by atoms with van der Waals surface area (Å²) in [5.41, 5.74) is 2.03. The summed E-state index contributed by atoms with van der Waals surface area (Å²) in [6, 6.07) is 6.14. The van der Waals surface area contributed by atoms with Crippen molar-refractivity contribution < 1.29 is 14.2 Å². The Morgan fingerprint density at radius 1 is 1.24 bits per heavy atom. The van der Waals surface area contributed by atoms with Crippen molar-refractivity contribution in [2.45, 2.75) is 37.6 Å². The smallest absolute Gasteiger partial charge is 0.169 e. The molecule has 2 heterocycles. The van der Waals surface area contributed by atoms with E-state index in [4.69, 9.17) is 14.2 Å². The van der Waals surface area contributed by atoms with Gasteiger partial charge in [0, 0.05) is 28.8 Å². The van der Waals surface area contributed by atoms with Gasteiger partial charge in [-0.3, -0.25) is 0 Å². The number of benzene rings is 1. The molecule has 0 aromatic heterocycles. The maximum absolute atomic E-state index is 6.36. The lowest BCUT2D eigenvalue weighted by molar-refractivity contribution is -0.208. The molecular weight excluding hydrogens is 332 g/mol. The van der Waals surface area contributed by atoms with Crippen molar-refractivity contribution >= 4 is 21.5 Å².